The second-order valence-electron chi connectivity index (χ2n) is 5.47. The van der Waals surface area contributed by atoms with E-state index in [2.05, 4.69) is 38.5 Å². The summed E-state index contributed by atoms with van der Waals surface area (Å²) in [4.78, 5) is 26.0. The van der Waals surface area contributed by atoms with E-state index in [0.29, 0.717) is 5.56 Å². The number of Topliss-reactive ketones (excluding diaryl/α,β-unsaturated/α-hetero) is 1. The van der Waals surface area contributed by atoms with E-state index in [1.165, 1.54) is 4.90 Å². The Morgan fingerprint density at radius 3 is 2.25 bits per heavy atom. The van der Waals surface area contributed by atoms with Crippen LogP contribution in [0.4, 0.5) is 0 Å². The number of likely N-dealkylation sites (N-methyl/N-ethyl adjacent to an activating group) is 1. The topological polar surface area (TPSA) is 57.6 Å². The third-order valence-electron chi connectivity index (χ3n) is 3.98. The van der Waals surface area contributed by atoms with Gasteiger partial charge in [0.15, 0.2) is 0 Å². The zero-order valence-electron chi connectivity index (χ0n) is 12.7. The maximum Gasteiger partial charge on any atom is 0.295 e. The Bertz CT molecular complexity index is 844. The zero-order valence-corrected chi connectivity index (χ0v) is 16.4. The van der Waals surface area contributed by atoms with Crippen LogP contribution in [0.5, 0.6) is 0 Å². The van der Waals surface area contributed by atoms with Crippen molar-refractivity contribution < 1.29 is 14.7 Å². The van der Waals surface area contributed by atoms with E-state index in [1.54, 1.807) is 31.3 Å². The van der Waals surface area contributed by atoms with E-state index < -0.39 is 17.7 Å². The smallest absolute Gasteiger partial charge is 0.295 e. The second-order valence-corrected chi connectivity index (χ2v) is 7.63. The molecule has 6 heteroatoms. The van der Waals surface area contributed by atoms with E-state index in [4.69, 9.17) is 0 Å². The summed E-state index contributed by atoms with van der Waals surface area (Å²) in [5.41, 5.74) is 1.40. The fraction of sp³-hybridized carbons (Fsp3) is 0.111. The van der Waals surface area contributed by atoms with Crippen LogP contribution in [-0.4, -0.2) is 28.7 Å². The number of aliphatic hydroxyl groups is 1. The van der Waals surface area contributed by atoms with Crippen molar-refractivity contribution in [3.05, 3.63) is 73.3 Å². The van der Waals surface area contributed by atoms with Crippen molar-refractivity contribution in [2.75, 3.05) is 7.05 Å². The molecule has 1 heterocycles. The molecule has 2 aromatic carbocycles. The molecule has 0 saturated carbocycles. The van der Waals surface area contributed by atoms with Crippen molar-refractivity contribution in [3.8, 4) is 0 Å². The molecular formula is C18H13BrINO3. The van der Waals surface area contributed by atoms with Crippen LogP contribution in [-0.2, 0) is 9.59 Å². The SMILES string of the molecule is CN1C(=O)C(=O)C(=C(O)c2ccc(Br)cc2)[C@@H]1c1ccc(I)cc1. The molecule has 2 aromatic rings. The number of carbonyl (C=O) groups is 2. The molecule has 0 aromatic heterocycles. The standard InChI is InChI=1S/C18H13BrINO3/c1-21-15(10-4-8-13(20)9-5-10)14(17(23)18(21)24)16(22)11-2-6-12(19)7-3-11/h2-9,15,22H,1H3/t15-/m0/s1. The van der Waals surface area contributed by atoms with Gasteiger partial charge in [-0.1, -0.05) is 40.2 Å². The molecule has 1 fully saturated rings. The molecule has 1 N–H and O–H groups in total. The first kappa shape index (κ1) is 17.2. The summed E-state index contributed by atoms with van der Waals surface area (Å²) in [5.74, 6) is -1.44. The van der Waals surface area contributed by atoms with E-state index >= 15 is 0 Å². The Morgan fingerprint density at radius 1 is 1.08 bits per heavy atom. The molecule has 0 aliphatic carbocycles. The van der Waals surface area contributed by atoms with Gasteiger partial charge in [0.2, 0.25) is 0 Å². The Balaban J connectivity index is 2.16. The first-order valence-electron chi connectivity index (χ1n) is 7.16. The van der Waals surface area contributed by atoms with Gasteiger partial charge in [-0.2, -0.15) is 0 Å². The number of ketones is 1. The van der Waals surface area contributed by atoms with Gasteiger partial charge >= 0.3 is 0 Å². The lowest BCUT2D eigenvalue weighted by atomic mass is 9.95. The first-order chi connectivity index (χ1) is 11.4. The van der Waals surface area contributed by atoms with Gasteiger partial charge in [0.1, 0.15) is 5.76 Å². The number of hydrogen-bond donors (Lipinski definition) is 1. The van der Waals surface area contributed by atoms with Crippen LogP contribution in [0.15, 0.2) is 58.6 Å². The van der Waals surface area contributed by atoms with E-state index in [9.17, 15) is 14.7 Å². The van der Waals surface area contributed by atoms with Crippen LogP contribution in [0.1, 0.15) is 17.2 Å². The molecule has 24 heavy (non-hydrogen) atoms. The lowest BCUT2D eigenvalue weighted by molar-refractivity contribution is -0.139. The van der Waals surface area contributed by atoms with Crippen molar-refractivity contribution in [1.29, 1.82) is 0 Å². The lowest BCUT2D eigenvalue weighted by Gasteiger charge is -2.21. The van der Waals surface area contributed by atoms with Crippen LogP contribution in [0.3, 0.4) is 0 Å². The molecule has 0 bridgehead atoms. The largest absolute Gasteiger partial charge is 0.507 e. The number of nitrogens with zero attached hydrogens (tertiary/aromatic N) is 1. The van der Waals surface area contributed by atoms with Gasteiger partial charge in [-0.25, -0.2) is 0 Å². The van der Waals surface area contributed by atoms with Crippen molar-refractivity contribution >= 4 is 56.0 Å². The van der Waals surface area contributed by atoms with E-state index in [0.717, 1.165) is 13.6 Å². The summed E-state index contributed by atoms with van der Waals surface area (Å²) in [6.45, 7) is 0. The predicted octanol–water partition coefficient (Wildman–Crippen LogP) is 4.11. The molecule has 1 aliphatic heterocycles. The first-order valence-corrected chi connectivity index (χ1v) is 9.03. The van der Waals surface area contributed by atoms with Crippen molar-refractivity contribution in [3.63, 3.8) is 0 Å². The quantitative estimate of drug-likeness (QED) is 0.294. The summed E-state index contributed by atoms with van der Waals surface area (Å²) in [5, 5.41) is 10.7. The Kier molecular flexibility index (Phi) is 4.78. The number of hydrogen-bond acceptors (Lipinski definition) is 3. The molecule has 4 nitrogen and oxygen atoms in total. The molecule has 0 unspecified atom stereocenters. The normalized spacial score (nSPS) is 19.8. The maximum atomic E-state index is 12.4. The lowest BCUT2D eigenvalue weighted by Crippen LogP contribution is -2.24. The predicted molar refractivity (Wildman–Crippen MR) is 103 cm³/mol. The van der Waals surface area contributed by atoms with Gasteiger partial charge < -0.3 is 10.0 Å². The number of likely N-dealkylation sites (tertiary alicyclic amines) is 1. The van der Waals surface area contributed by atoms with E-state index in [1.807, 2.05) is 24.3 Å². The Labute approximate surface area is 161 Å². The summed E-state index contributed by atoms with van der Waals surface area (Å²) in [7, 11) is 1.57. The third-order valence-corrected chi connectivity index (χ3v) is 5.23. The van der Waals surface area contributed by atoms with Gasteiger partial charge in [-0.05, 0) is 52.4 Å². The molecular weight excluding hydrogens is 485 g/mol. The highest BCUT2D eigenvalue weighted by atomic mass is 127. The van der Waals surface area contributed by atoms with Crippen LogP contribution in [0.25, 0.3) is 5.76 Å². The molecule has 1 amide bonds. The zero-order chi connectivity index (χ0) is 17.4. The molecule has 1 saturated heterocycles. The Morgan fingerprint density at radius 2 is 1.67 bits per heavy atom. The highest BCUT2D eigenvalue weighted by molar-refractivity contribution is 14.1. The highest BCUT2D eigenvalue weighted by Crippen LogP contribution is 2.38. The minimum absolute atomic E-state index is 0.117. The summed E-state index contributed by atoms with van der Waals surface area (Å²) in [6.07, 6.45) is 0. The van der Waals surface area contributed by atoms with Crippen LogP contribution in [0, 0.1) is 3.57 Å². The monoisotopic (exact) mass is 497 g/mol. The number of carbonyl (C=O) groups excluding carboxylic acids is 2. The number of aliphatic hydroxyl groups excluding tert-OH is 1. The third kappa shape index (κ3) is 3.00. The van der Waals surface area contributed by atoms with Gasteiger partial charge in [-0.3, -0.25) is 9.59 Å². The molecule has 0 radical (unpaired) electrons. The maximum absolute atomic E-state index is 12.4. The minimum Gasteiger partial charge on any atom is -0.507 e. The summed E-state index contributed by atoms with van der Waals surface area (Å²) >= 11 is 5.53. The average Bonchev–Trinajstić information content (AvgIpc) is 2.80. The molecule has 0 spiro atoms. The Hall–Kier alpha value is -1.67. The van der Waals surface area contributed by atoms with Crippen LogP contribution in [0.2, 0.25) is 0 Å². The van der Waals surface area contributed by atoms with Gasteiger partial charge in [0, 0.05) is 20.7 Å². The highest BCUT2D eigenvalue weighted by Gasteiger charge is 2.44. The van der Waals surface area contributed by atoms with Crippen molar-refractivity contribution in [1.82, 2.24) is 4.90 Å². The summed E-state index contributed by atoms with van der Waals surface area (Å²) in [6, 6.07) is 13.9. The van der Waals surface area contributed by atoms with Crippen molar-refractivity contribution in [2.24, 2.45) is 0 Å². The van der Waals surface area contributed by atoms with Gasteiger partial charge in [0.05, 0.1) is 11.6 Å². The molecule has 1 atom stereocenters. The van der Waals surface area contributed by atoms with Gasteiger partial charge in [-0.15, -0.1) is 0 Å². The fourth-order valence-electron chi connectivity index (χ4n) is 2.75. The number of benzene rings is 2. The number of rotatable bonds is 2. The molecule has 122 valence electrons. The number of halogens is 2. The van der Waals surface area contributed by atoms with Gasteiger partial charge in [0.25, 0.3) is 11.7 Å². The molecule has 3 rings (SSSR count). The minimum atomic E-state index is -0.665. The average molecular weight is 498 g/mol. The molecule has 1 aliphatic rings. The fourth-order valence-corrected chi connectivity index (χ4v) is 3.37. The summed E-state index contributed by atoms with van der Waals surface area (Å²) < 4.78 is 1.92. The van der Waals surface area contributed by atoms with Crippen LogP contribution < -0.4 is 0 Å². The number of amides is 1. The second kappa shape index (κ2) is 6.68. The van der Waals surface area contributed by atoms with Crippen LogP contribution >= 0.6 is 38.5 Å². The van der Waals surface area contributed by atoms with E-state index in [-0.39, 0.29) is 11.3 Å². The van der Waals surface area contributed by atoms with Crippen molar-refractivity contribution in [2.45, 2.75) is 6.04 Å².